The average Bonchev–Trinajstić information content (AvgIpc) is 3.47. The first-order valence-electron chi connectivity index (χ1n) is 10.3. The number of aromatic amines is 1. The zero-order chi connectivity index (χ0) is 25.2. The van der Waals surface area contributed by atoms with Crippen molar-refractivity contribution in [1.29, 1.82) is 0 Å². The molecule has 0 spiro atoms. The number of halogens is 3. The van der Waals surface area contributed by atoms with Crippen LogP contribution in [0.2, 0.25) is 0 Å². The number of nitrogens with one attached hydrogen (secondary N) is 4. The first-order chi connectivity index (χ1) is 16.6. The van der Waals surface area contributed by atoms with Gasteiger partial charge in [-0.25, -0.2) is 20.0 Å². The van der Waals surface area contributed by atoms with Gasteiger partial charge in [-0.05, 0) is 31.2 Å². The van der Waals surface area contributed by atoms with Crippen LogP contribution in [0.15, 0.2) is 59.3 Å². The van der Waals surface area contributed by atoms with Crippen molar-refractivity contribution < 1.29 is 22.8 Å². The predicted molar refractivity (Wildman–Crippen MR) is 125 cm³/mol. The van der Waals surface area contributed by atoms with Gasteiger partial charge in [0.2, 0.25) is 5.91 Å². The zero-order valence-corrected chi connectivity index (χ0v) is 18.2. The monoisotopic (exact) mass is 484 g/mol. The zero-order valence-electron chi connectivity index (χ0n) is 18.2. The Morgan fingerprint density at radius 1 is 1.26 bits per heavy atom. The summed E-state index contributed by atoms with van der Waals surface area (Å²) in [4.78, 5) is 43.0. The van der Waals surface area contributed by atoms with Crippen molar-refractivity contribution in [1.82, 2.24) is 20.3 Å². The molecule has 13 heteroatoms. The van der Waals surface area contributed by atoms with E-state index < -0.39 is 24.2 Å². The van der Waals surface area contributed by atoms with E-state index in [0.717, 1.165) is 6.08 Å². The maximum absolute atomic E-state index is 12.8. The molecule has 0 saturated heterocycles. The molecule has 0 aliphatic carbocycles. The lowest BCUT2D eigenvalue weighted by molar-refractivity contribution is -0.130. The van der Waals surface area contributed by atoms with Gasteiger partial charge in [-0.15, -0.1) is 0 Å². The highest BCUT2D eigenvalue weighted by Crippen LogP contribution is 2.25. The molecule has 4 N–H and O–H groups in total. The first kappa shape index (κ1) is 23.6. The summed E-state index contributed by atoms with van der Waals surface area (Å²) in [6.45, 7) is 4.89. The van der Waals surface area contributed by atoms with Crippen LogP contribution in [0.5, 0.6) is 0 Å². The molecule has 3 aromatic rings. The first-order valence-corrected chi connectivity index (χ1v) is 10.3. The van der Waals surface area contributed by atoms with E-state index in [1.165, 1.54) is 19.3 Å². The lowest BCUT2D eigenvalue weighted by Crippen LogP contribution is -2.37. The molecule has 10 nitrogen and oxygen atoms in total. The Morgan fingerprint density at radius 3 is 2.74 bits per heavy atom. The van der Waals surface area contributed by atoms with Crippen LogP contribution in [0.25, 0.3) is 11.2 Å². The van der Waals surface area contributed by atoms with Gasteiger partial charge in [0.05, 0.1) is 17.8 Å². The Kier molecular flexibility index (Phi) is 6.32. The second-order valence-corrected chi connectivity index (χ2v) is 7.50. The second kappa shape index (κ2) is 9.37. The van der Waals surface area contributed by atoms with Crippen molar-refractivity contribution in [3.8, 4) is 0 Å². The van der Waals surface area contributed by atoms with Gasteiger partial charge >= 0.3 is 6.18 Å². The molecule has 1 unspecified atom stereocenters. The minimum absolute atomic E-state index is 0.127. The summed E-state index contributed by atoms with van der Waals surface area (Å²) in [6.07, 6.45) is 0.170. The summed E-state index contributed by atoms with van der Waals surface area (Å²) in [7, 11) is 0. The van der Waals surface area contributed by atoms with Crippen LogP contribution in [0.3, 0.4) is 0 Å². The number of rotatable bonds is 7. The minimum Gasteiger partial charge on any atom is -0.344 e. The lowest BCUT2D eigenvalue weighted by atomic mass is 10.2. The minimum atomic E-state index is -4.54. The van der Waals surface area contributed by atoms with E-state index in [4.69, 9.17) is 0 Å². The van der Waals surface area contributed by atoms with E-state index in [1.807, 2.05) is 0 Å². The summed E-state index contributed by atoms with van der Waals surface area (Å²) >= 11 is 0. The number of anilines is 3. The number of hydrogen-bond donors (Lipinski definition) is 4. The highest BCUT2D eigenvalue weighted by atomic mass is 19.4. The Bertz CT molecular complexity index is 1360. The van der Waals surface area contributed by atoms with Gasteiger partial charge in [0, 0.05) is 23.8 Å². The number of aromatic nitrogens is 3. The number of amidine groups is 1. The summed E-state index contributed by atoms with van der Waals surface area (Å²) in [5, 5.41) is 8.28. The van der Waals surface area contributed by atoms with E-state index in [0.29, 0.717) is 29.1 Å². The Morgan fingerprint density at radius 2 is 2.03 bits per heavy atom. The number of carbonyl (C=O) groups excluding carboxylic acids is 2. The van der Waals surface area contributed by atoms with Crippen molar-refractivity contribution in [2.75, 3.05) is 10.6 Å². The van der Waals surface area contributed by atoms with Crippen LogP contribution in [-0.4, -0.2) is 57.1 Å². The average molecular weight is 484 g/mol. The fourth-order valence-electron chi connectivity index (χ4n) is 3.22. The van der Waals surface area contributed by atoms with E-state index in [-0.39, 0.29) is 22.8 Å². The topological polar surface area (TPSA) is 137 Å². The standard InChI is InChI=1S/C22H19F3N8O2/c1-3-17(34)31-13-6-4-5-12(7-13)30-16-10-28-20-18(33-16)14(8-26-20)21(35)29-11(2)19-27-9-15(32-19)22(23,24)25/h3-11,15H,1H2,2H3,(H,26,28)(H,29,35)(H,30,33)(H,31,34)/t11-,15?/m0/s1. The van der Waals surface area contributed by atoms with Crippen molar-refractivity contribution in [2.24, 2.45) is 9.98 Å². The van der Waals surface area contributed by atoms with Gasteiger partial charge in [-0.2, -0.15) is 13.2 Å². The van der Waals surface area contributed by atoms with Crippen molar-refractivity contribution in [3.63, 3.8) is 0 Å². The summed E-state index contributed by atoms with van der Waals surface area (Å²) in [6, 6.07) is 3.97. The molecule has 1 aliphatic rings. The van der Waals surface area contributed by atoms with Gasteiger partial charge in [-0.1, -0.05) is 12.6 Å². The van der Waals surface area contributed by atoms with Gasteiger partial charge in [0.15, 0.2) is 11.7 Å². The molecule has 180 valence electrons. The molecule has 2 aromatic heterocycles. The summed E-state index contributed by atoms with van der Waals surface area (Å²) in [5.41, 5.74) is 1.88. The molecule has 0 bridgehead atoms. The van der Waals surface area contributed by atoms with E-state index in [9.17, 15) is 22.8 Å². The van der Waals surface area contributed by atoms with Crippen molar-refractivity contribution in [3.05, 3.63) is 54.9 Å². The number of fused-ring (bicyclic) bond motifs is 1. The second-order valence-electron chi connectivity index (χ2n) is 7.50. The Hall–Kier alpha value is -4.55. The predicted octanol–water partition coefficient (Wildman–Crippen LogP) is 3.36. The number of nitrogens with zero attached hydrogens (tertiary/aromatic N) is 4. The summed E-state index contributed by atoms with van der Waals surface area (Å²) in [5.74, 6) is -0.747. The van der Waals surface area contributed by atoms with E-state index >= 15 is 0 Å². The molecule has 1 aliphatic heterocycles. The maximum Gasteiger partial charge on any atom is 0.415 e. The van der Waals surface area contributed by atoms with Crippen molar-refractivity contribution in [2.45, 2.75) is 25.2 Å². The fraction of sp³-hybridized carbons (Fsp3) is 0.182. The number of benzene rings is 1. The Balaban J connectivity index is 1.50. The van der Waals surface area contributed by atoms with E-state index in [1.54, 1.807) is 24.3 Å². The molecule has 3 heterocycles. The smallest absolute Gasteiger partial charge is 0.344 e. The molecule has 4 rings (SSSR count). The molecule has 0 saturated carbocycles. The third-order valence-corrected chi connectivity index (χ3v) is 4.90. The van der Waals surface area contributed by atoms with Gasteiger partial charge in [0.25, 0.3) is 5.91 Å². The normalized spacial score (nSPS) is 16.0. The highest BCUT2D eigenvalue weighted by molar-refractivity contribution is 6.08. The highest BCUT2D eigenvalue weighted by Gasteiger charge is 2.41. The molecule has 35 heavy (non-hydrogen) atoms. The van der Waals surface area contributed by atoms with E-state index in [2.05, 4.69) is 47.5 Å². The number of carbonyl (C=O) groups is 2. The maximum atomic E-state index is 12.8. The van der Waals surface area contributed by atoms with Crippen LogP contribution < -0.4 is 16.0 Å². The van der Waals surface area contributed by atoms with Crippen LogP contribution in [0.1, 0.15) is 17.3 Å². The molecule has 2 amide bonds. The molecule has 2 atom stereocenters. The van der Waals surface area contributed by atoms with Gasteiger partial charge < -0.3 is 20.9 Å². The van der Waals surface area contributed by atoms with Gasteiger partial charge in [-0.3, -0.25) is 9.59 Å². The Labute approximate surface area is 196 Å². The quantitative estimate of drug-likeness (QED) is 0.381. The lowest BCUT2D eigenvalue weighted by Gasteiger charge is -2.12. The van der Waals surface area contributed by atoms with Crippen LogP contribution in [-0.2, 0) is 4.79 Å². The van der Waals surface area contributed by atoms with Crippen molar-refractivity contribution >= 4 is 52.2 Å². The number of hydrogen-bond acceptors (Lipinski definition) is 7. The van der Waals surface area contributed by atoms with Gasteiger partial charge in [0.1, 0.15) is 17.2 Å². The van der Waals surface area contributed by atoms with Crippen LogP contribution in [0.4, 0.5) is 30.4 Å². The van der Waals surface area contributed by atoms with Crippen LogP contribution >= 0.6 is 0 Å². The molecule has 1 aromatic carbocycles. The number of amides is 2. The third kappa shape index (κ3) is 5.34. The fourth-order valence-corrected chi connectivity index (χ4v) is 3.22. The van der Waals surface area contributed by atoms with Crippen LogP contribution in [0, 0.1) is 0 Å². The largest absolute Gasteiger partial charge is 0.415 e. The third-order valence-electron chi connectivity index (χ3n) is 4.90. The summed E-state index contributed by atoms with van der Waals surface area (Å²) < 4.78 is 38.4. The number of alkyl halides is 3. The SMILES string of the molecule is C=CC(=O)Nc1cccc(Nc2cnc3[nH]cc(C(=O)N[C@@H](C)C4=NC(C(F)(F)F)C=N4)c3n2)c1. The molecular weight excluding hydrogens is 465 g/mol. The molecular formula is C22H19F3N8O2. The molecule has 0 fully saturated rings. The number of aliphatic imine (C=N–C) groups is 2. The number of H-pyrrole nitrogens is 1. The molecule has 0 radical (unpaired) electrons.